The lowest BCUT2D eigenvalue weighted by molar-refractivity contribution is -0.148. The van der Waals surface area contributed by atoms with E-state index in [-0.39, 0.29) is 63.2 Å². The van der Waals surface area contributed by atoms with Crippen LogP contribution in [-0.4, -0.2) is 87.3 Å². The van der Waals surface area contributed by atoms with Gasteiger partial charge in [0, 0.05) is 19.6 Å². The average molecular weight is 697 g/mol. The zero-order valence-corrected chi connectivity index (χ0v) is 35.2. The Bertz CT molecular complexity index is 939. The highest BCUT2D eigenvalue weighted by molar-refractivity contribution is 5.70. The summed E-state index contributed by atoms with van der Waals surface area (Å²) in [5, 5.41) is 0. The van der Waals surface area contributed by atoms with Crippen molar-refractivity contribution in [1.29, 1.82) is 0 Å². The zero-order valence-electron chi connectivity index (χ0n) is 35.2. The summed E-state index contributed by atoms with van der Waals surface area (Å²) < 4.78 is 17.1. The van der Waals surface area contributed by atoms with Crippen molar-refractivity contribution in [2.45, 2.75) is 155 Å². The van der Waals surface area contributed by atoms with Crippen molar-refractivity contribution in [3.8, 4) is 0 Å². The normalized spacial score (nSPS) is 13.6. The Kier molecular flexibility index (Phi) is 19.7. The van der Waals surface area contributed by atoms with Gasteiger partial charge >= 0.3 is 17.9 Å². The van der Waals surface area contributed by atoms with Gasteiger partial charge in [0.25, 0.3) is 0 Å². The van der Waals surface area contributed by atoms with Gasteiger partial charge in [0.05, 0.1) is 39.1 Å². The smallest absolute Gasteiger partial charge is 0.307 e. The molecule has 8 nitrogen and oxygen atoms in total. The van der Waals surface area contributed by atoms with Crippen molar-refractivity contribution in [1.82, 2.24) is 9.80 Å². The Balaban J connectivity index is 5.01. The van der Waals surface area contributed by atoms with Gasteiger partial charge in [-0.25, -0.2) is 0 Å². The van der Waals surface area contributed by atoms with Crippen LogP contribution in [-0.2, 0) is 28.6 Å². The minimum absolute atomic E-state index is 0.0609. The van der Waals surface area contributed by atoms with Gasteiger partial charge in [0.2, 0.25) is 0 Å². The van der Waals surface area contributed by atoms with E-state index in [1.807, 2.05) is 7.05 Å². The Labute approximate surface area is 303 Å². The molecular formula is C41H80N2O6. The molecule has 8 heteroatoms. The van der Waals surface area contributed by atoms with E-state index >= 15 is 0 Å². The first kappa shape index (κ1) is 47.3. The number of nitrogens with zero attached hydrogens (tertiary/aromatic N) is 2. The van der Waals surface area contributed by atoms with Gasteiger partial charge in [-0.3, -0.25) is 14.4 Å². The molecule has 0 bridgehead atoms. The molecule has 0 fully saturated rings. The second kappa shape index (κ2) is 20.4. The molecule has 290 valence electrons. The Morgan fingerprint density at radius 2 is 0.816 bits per heavy atom. The van der Waals surface area contributed by atoms with Gasteiger partial charge in [0.1, 0.15) is 0 Å². The van der Waals surface area contributed by atoms with Gasteiger partial charge in [-0.1, -0.05) is 110 Å². The van der Waals surface area contributed by atoms with Gasteiger partial charge in [0.15, 0.2) is 0 Å². The van der Waals surface area contributed by atoms with E-state index in [1.54, 1.807) is 0 Å². The zero-order chi connectivity index (χ0) is 38.3. The maximum absolute atomic E-state index is 12.8. The molecule has 0 atom stereocenters. The standard InChI is InChI=1S/C41H80N2O6/c1-17-38(8,9)29-41(14,15)32-49-33(44)19-24-42(16)22-18-23-43(25-20-34(45)47-30-39(10,11)27-36(2,3)4)26-21-35(46)48-31-40(12,13)28-37(5,6)7/h17-32H2,1-16H3. The summed E-state index contributed by atoms with van der Waals surface area (Å²) >= 11 is 0. The maximum Gasteiger partial charge on any atom is 0.307 e. The minimum atomic E-state index is -0.212. The van der Waals surface area contributed by atoms with Gasteiger partial charge in [-0.15, -0.1) is 0 Å². The van der Waals surface area contributed by atoms with Gasteiger partial charge in [-0.05, 0) is 78.3 Å². The predicted octanol–water partition coefficient (Wildman–Crippen LogP) is 9.19. The van der Waals surface area contributed by atoms with E-state index in [9.17, 15) is 14.4 Å². The van der Waals surface area contributed by atoms with Crippen LogP contribution in [0.5, 0.6) is 0 Å². The fraction of sp³-hybridized carbons (Fsp3) is 0.927. The summed E-state index contributed by atoms with van der Waals surface area (Å²) in [5.74, 6) is -0.588. The van der Waals surface area contributed by atoms with Crippen LogP contribution < -0.4 is 0 Å². The topological polar surface area (TPSA) is 85.4 Å². The van der Waals surface area contributed by atoms with Crippen molar-refractivity contribution < 1.29 is 28.6 Å². The lowest BCUT2D eigenvalue weighted by atomic mass is 9.74. The first-order valence-electron chi connectivity index (χ1n) is 18.9. The van der Waals surface area contributed by atoms with Crippen LogP contribution in [0.2, 0.25) is 0 Å². The molecule has 0 radical (unpaired) electrons. The summed E-state index contributed by atoms with van der Waals surface area (Å²) in [5.41, 5.74) is 0.262. The number of carbonyl (C=O) groups is 3. The molecule has 0 aromatic heterocycles. The molecule has 0 saturated heterocycles. The van der Waals surface area contributed by atoms with E-state index in [0.29, 0.717) is 45.9 Å². The quantitative estimate of drug-likeness (QED) is 0.0730. The van der Waals surface area contributed by atoms with Crippen molar-refractivity contribution in [3.63, 3.8) is 0 Å². The predicted molar refractivity (Wildman–Crippen MR) is 203 cm³/mol. The molecule has 0 unspecified atom stereocenters. The first-order valence-corrected chi connectivity index (χ1v) is 18.9. The summed E-state index contributed by atoms with van der Waals surface area (Å²) in [6.45, 7) is 37.2. The molecule has 0 amide bonds. The van der Waals surface area contributed by atoms with E-state index in [1.165, 1.54) is 0 Å². The van der Waals surface area contributed by atoms with E-state index in [0.717, 1.165) is 45.2 Å². The van der Waals surface area contributed by atoms with Crippen LogP contribution >= 0.6 is 0 Å². The number of esters is 3. The van der Waals surface area contributed by atoms with Crippen molar-refractivity contribution in [3.05, 3.63) is 0 Å². The molecule has 0 rings (SSSR count). The Morgan fingerprint density at radius 3 is 1.16 bits per heavy atom. The first-order chi connectivity index (χ1) is 22.0. The van der Waals surface area contributed by atoms with Crippen molar-refractivity contribution in [2.75, 3.05) is 59.6 Å². The molecule has 0 aliphatic carbocycles. The lowest BCUT2D eigenvalue weighted by Crippen LogP contribution is -2.34. The van der Waals surface area contributed by atoms with Crippen molar-refractivity contribution in [2.24, 2.45) is 32.5 Å². The van der Waals surface area contributed by atoms with E-state index in [2.05, 4.69) is 114 Å². The van der Waals surface area contributed by atoms with Gasteiger partial charge < -0.3 is 24.0 Å². The fourth-order valence-corrected chi connectivity index (χ4v) is 7.28. The SMILES string of the molecule is CCC(C)(C)CC(C)(C)COC(=O)CCN(C)CCCN(CCC(=O)OCC(C)(C)CC(C)(C)C)CCC(=O)OCC(C)(C)CC(C)(C)C. The number of hydrogen-bond acceptors (Lipinski definition) is 8. The van der Waals surface area contributed by atoms with Crippen LogP contribution in [0.1, 0.15) is 155 Å². The minimum Gasteiger partial charge on any atom is -0.465 e. The van der Waals surface area contributed by atoms with Crippen LogP contribution in [0, 0.1) is 32.5 Å². The highest BCUT2D eigenvalue weighted by Gasteiger charge is 2.30. The number of ether oxygens (including phenoxy) is 3. The van der Waals surface area contributed by atoms with Crippen LogP contribution in [0.3, 0.4) is 0 Å². The summed E-state index contributed by atoms with van der Waals surface area (Å²) in [4.78, 5) is 42.4. The molecule has 0 saturated carbocycles. The third kappa shape index (κ3) is 26.8. The second-order valence-corrected chi connectivity index (χ2v) is 20.4. The highest BCUT2D eigenvalue weighted by Crippen LogP contribution is 2.36. The van der Waals surface area contributed by atoms with Crippen LogP contribution in [0.15, 0.2) is 0 Å². The summed E-state index contributed by atoms with van der Waals surface area (Å²) in [6, 6.07) is 0. The Hall–Kier alpha value is -1.67. The average Bonchev–Trinajstić information content (AvgIpc) is 2.91. The van der Waals surface area contributed by atoms with Crippen LogP contribution in [0.4, 0.5) is 0 Å². The molecule has 0 aliphatic heterocycles. The monoisotopic (exact) mass is 697 g/mol. The second-order valence-electron chi connectivity index (χ2n) is 20.4. The largest absolute Gasteiger partial charge is 0.465 e. The van der Waals surface area contributed by atoms with Gasteiger partial charge in [-0.2, -0.15) is 0 Å². The Morgan fingerprint density at radius 1 is 0.469 bits per heavy atom. The molecule has 0 spiro atoms. The number of hydrogen-bond donors (Lipinski definition) is 0. The molecule has 0 aromatic rings. The summed E-state index contributed by atoms with van der Waals surface area (Å²) in [6.07, 6.45) is 5.73. The molecule has 49 heavy (non-hydrogen) atoms. The third-order valence-corrected chi connectivity index (χ3v) is 8.78. The van der Waals surface area contributed by atoms with E-state index in [4.69, 9.17) is 14.2 Å². The molecule has 0 aliphatic rings. The number of carbonyl (C=O) groups excluding carboxylic acids is 3. The van der Waals surface area contributed by atoms with Crippen molar-refractivity contribution >= 4 is 17.9 Å². The van der Waals surface area contributed by atoms with E-state index < -0.39 is 0 Å². The fourth-order valence-electron chi connectivity index (χ4n) is 7.28. The molecule has 0 N–H and O–H groups in total. The number of rotatable bonds is 24. The highest BCUT2D eigenvalue weighted by atomic mass is 16.5. The molecular weight excluding hydrogens is 616 g/mol. The molecule has 0 aromatic carbocycles. The molecule has 0 heterocycles. The third-order valence-electron chi connectivity index (χ3n) is 8.78. The summed E-state index contributed by atoms with van der Waals surface area (Å²) in [7, 11) is 2.01. The lowest BCUT2D eigenvalue weighted by Gasteiger charge is -2.33. The maximum atomic E-state index is 12.8. The van der Waals surface area contributed by atoms with Crippen LogP contribution in [0.25, 0.3) is 0 Å².